The molecule has 6 aromatic rings. The van der Waals surface area contributed by atoms with Crippen molar-refractivity contribution in [3.05, 3.63) is 172 Å². The predicted octanol–water partition coefficient (Wildman–Crippen LogP) is 10.1. The maximum absolute atomic E-state index is 13.7. The van der Waals surface area contributed by atoms with Crippen LogP contribution in [0.1, 0.15) is 22.3 Å². The van der Waals surface area contributed by atoms with Crippen LogP contribution in [-0.2, 0) is 19.4 Å². The molecule has 0 atom stereocenters. The summed E-state index contributed by atoms with van der Waals surface area (Å²) in [6.45, 7) is 2.24. The van der Waals surface area contributed by atoms with Gasteiger partial charge in [0.15, 0.2) is 0 Å². The summed E-state index contributed by atoms with van der Waals surface area (Å²) in [7, 11) is 5.70. The van der Waals surface area contributed by atoms with Crippen molar-refractivity contribution in [2.45, 2.75) is 26.3 Å². The highest BCUT2D eigenvalue weighted by atomic mass is 79.9. The van der Waals surface area contributed by atoms with Crippen molar-refractivity contribution < 1.29 is 41.5 Å². The zero-order valence-corrected chi connectivity index (χ0v) is 33.7. The van der Waals surface area contributed by atoms with E-state index in [0.717, 1.165) is 10.5 Å². The quantitative estimate of drug-likeness (QED) is 0.106. The molecule has 6 rings (SSSR count). The molecule has 0 heterocycles. The minimum absolute atomic E-state index is 0.0312. The molecule has 298 valence electrons. The molecular weight excluding hydrogens is 806 g/mol. The van der Waals surface area contributed by atoms with Crippen LogP contribution in [0.25, 0.3) is 11.1 Å². The SMILES string of the molecule is CN(C)c1ccc(-c2cccc(OCc3ccccc3F)c2)cc1C(F)(F)F.Cc1ccc(Br)cc1N(C)C.OB(O)c1cccc(OCc2ccccc2F)c1. The molecule has 0 radical (unpaired) electrons. The molecule has 2 N–H and O–H groups in total. The third kappa shape index (κ3) is 13.4. The highest BCUT2D eigenvalue weighted by molar-refractivity contribution is 9.10. The molecule has 0 saturated heterocycles. The molecule has 0 bridgehead atoms. The summed E-state index contributed by atoms with van der Waals surface area (Å²) < 4.78 is 79.5. The van der Waals surface area contributed by atoms with Crippen LogP contribution in [0.5, 0.6) is 11.5 Å². The van der Waals surface area contributed by atoms with Gasteiger partial charge in [0.25, 0.3) is 0 Å². The Morgan fingerprint density at radius 3 is 1.63 bits per heavy atom. The summed E-state index contributed by atoms with van der Waals surface area (Å²) in [5.74, 6) is 0.221. The van der Waals surface area contributed by atoms with Gasteiger partial charge in [-0.2, -0.15) is 13.2 Å². The number of aryl methyl sites for hydroxylation is 1. The maximum atomic E-state index is 13.7. The third-order valence-electron chi connectivity index (χ3n) is 8.46. The fraction of sp³-hybridized carbons (Fsp3) is 0.182. The summed E-state index contributed by atoms with van der Waals surface area (Å²) in [6, 6.07) is 36.3. The zero-order valence-electron chi connectivity index (χ0n) is 32.1. The second-order valence-electron chi connectivity index (χ2n) is 13.2. The third-order valence-corrected chi connectivity index (χ3v) is 8.96. The van der Waals surface area contributed by atoms with Gasteiger partial charge in [0.05, 0.1) is 5.56 Å². The highest BCUT2D eigenvalue weighted by Crippen LogP contribution is 2.39. The fourth-order valence-corrected chi connectivity index (χ4v) is 5.83. The van der Waals surface area contributed by atoms with Gasteiger partial charge in [-0.3, -0.25) is 0 Å². The van der Waals surface area contributed by atoms with Gasteiger partial charge in [0.2, 0.25) is 0 Å². The van der Waals surface area contributed by atoms with Gasteiger partial charge in [0.1, 0.15) is 36.3 Å². The Hall–Kier alpha value is -5.37. The monoisotopic (exact) mass is 848 g/mol. The number of ether oxygens (including phenoxy) is 2. The Morgan fingerprint density at radius 2 is 1.12 bits per heavy atom. The molecule has 0 unspecified atom stereocenters. The Balaban J connectivity index is 0.000000211. The number of hydrogen-bond acceptors (Lipinski definition) is 6. The average Bonchev–Trinajstić information content (AvgIpc) is 3.18. The number of hydrogen-bond donors (Lipinski definition) is 2. The molecule has 0 fully saturated rings. The highest BCUT2D eigenvalue weighted by Gasteiger charge is 2.34. The normalized spacial score (nSPS) is 10.7. The number of nitrogens with zero attached hydrogens (tertiary/aromatic N) is 2. The minimum atomic E-state index is -4.46. The van der Waals surface area contributed by atoms with E-state index in [1.54, 1.807) is 99.0 Å². The second-order valence-corrected chi connectivity index (χ2v) is 14.1. The first-order valence-electron chi connectivity index (χ1n) is 17.6. The molecule has 0 saturated carbocycles. The molecule has 0 aliphatic rings. The fourth-order valence-electron chi connectivity index (χ4n) is 5.48. The van der Waals surface area contributed by atoms with E-state index in [1.165, 1.54) is 40.4 Å². The summed E-state index contributed by atoms with van der Waals surface area (Å²) in [5.41, 5.74) is 4.17. The van der Waals surface area contributed by atoms with Crippen molar-refractivity contribution in [2.24, 2.45) is 0 Å². The van der Waals surface area contributed by atoms with E-state index in [0.29, 0.717) is 39.2 Å². The standard InChI is InChI=1S/C22H19F4NO.C13H12BFO3.C9H12BrN/c1-27(2)21-11-10-16(13-19(21)22(24,25)26)15-7-5-8-18(12-15)28-14-17-6-3-4-9-20(17)23;15-13-7-2-1-4-10(13)9-18-12-6-3-5-11(8-12)14(16)17;1-7-4-5-8(10)6-9(7)11(2)3/h3-13H,14H2,1-2H3;1-8,16-17H,9H2;4-6H,1-3H3. The van der Waals surface area contributed by atoms with Crippen molar-refractivity contribution in [1.29, 1.82) is 0 Å². The van der Waals surface area contributed by atoms with Crippen LogP contribution >= 0.6 is 15.9 Å². The molecule has 0 aliphatic carbocycles. The predicted molar refractivity (Wildman–Crippen MR) is 222 cm³/mol. The lowest BCUT2D eigenvalue weighted by Gasteiger charge is -2.20. The van der Waals surface area contributed by atoms with E-state index in [4.69, 9.17) is 19.5 Å². The molecule has 0 aromatic heterocycles. The lowest BCUT2D eigenvalue weighted by molar-refractivity contribution is -0.137. The van der Waals surface area contributed by atoms with Gasteiger partial charge >= 0.3 is 13.3 Å². The van der Waals surface area contributed by atoms with Crippen molar-refractivity contribution in [3.63, 3.8) is 0 Å². The molecule has 0 amide bonds. The van der Waals surface area contributed by atoms with Gasteiger partial charge in [-0.15, -0.1) is 0 Å². The van der Waals surface area contributed by atoms with Crippen molar-refractivity contribution in [2.75, 3.05) is 38.0 Å². The van der Waals surface area contributed by atoms with Gasteiger partial charge in [-0.1, -0.05) is 88.7 Å². The first-order valence-corrected chi connectivity index (χ1v) is 18.4. The molecule has 6 aromatic carbocycles. The second kappa shape index (κ2) is 20.7. The molecule has 0 spiro atoms. The minimum Gasteiger partial charge on any atom is -0.489 e. The van der Waals surface area contributed by atoms with Crippen molar-refractivity contribution >= 4 is 39.9 Å². The van der Waals surface area contributed by atoms with Crippen LogP contribution in [0.15, 0.2) is 138 Å². The van der Waals surface area contributed by atoms with E-state index in [2.05, 4.69) is 60.0 Å². The van der Waals surface area contributed by atoms with Gasteiger partial charge < -0.3 is 29.3 Å². The van der Waals surface area contributed by atoms with Crippen LogP contribution in [-0.4, -0.2) is 45.4 Å². The molecule has 6 nitrogen and oxygen atoms in total. The smallest absolute Gasteiger partial charge is 0.488 e. The van der Waals surface area contributed by atoms with Crippen LogP contribution in [0, 0.1) is 18.6 Å². The Labute approximate surface area is 339 Å². The summed E-state index contributed by atoms with van der Waals surface area (Å²) in [5, 5.41) is 18.0. The largest absolute Gasteiger partial charge is 0.489 e. The zero-order chi connectivity index (χ0) is 41.7. The summed E-state index contributed by atoms with van der Waals surface area (Å²) >= 11 is 3.44. The number of halogens is 6. The van der Waals surface area contributed by atoms with E-state index in [9.17, 15) is 22.0 Å². The number of alkyl halides is 3. The molecule has 0 aliphatic heterocycles. The Kier molecular flexibility index (Phi) is 16.1. The van der Waals surface area contributed by atoms with Crippen molar-refractivity contribution in [1.82, 2.24) is 0 Å². The van der Waals surface area contributed by atoms with E-state index >= 15 is 0 Å². The average molecular weight is 850 g/mol. The first kappa shape index (κ1) is 44.4. The van der Waals surface area contributed by atoms with Crippen LogP contribution in [0.4, 0.5) is 33.3 Å². The van der Waals surface area contributed by atoms with Gasteiger partial charge in [-0.25, -0.2) is 8.78 Å². The first-order chi connectivity index (χ1) is 27.0. The summed E-state index contributed by atoms with van der Waals surface area (Å²) in [4.78, 5) is 3.54. The van der Waals surface area contributed by atoms with E-state index in [-0.39, 0.29) is 30.5 Å². The van der Waals surface area contributed by atoms with E-state index < -0.39 is 18.9 Å². The summed E-state index contributed by atoms with van der Waals surface area (Å²) in [6.07, 6.45) is -4.46. The maximum Gasteiger partial charge on any atom is 0.488 e. The van der Waals surface area contributed by atoms with Crippen molar-refractivity contribution in [3.8, 4) is 22.6 Å². The van der Waals surface area contributed by atoms with Crippen LogP contribution < -0.4 is 24.7 Å². The topological polar surface area (TPSA) is 65.4 Å². The van der Waals surface area contributed by atoms with Gasteiger partial charge in [-0.05, 0) is 89.7 Å². The lowest BCUT2D eigenvalue weighted by Crippen LogP contribution is -2.29. The number of anilines is 2. The number of rotatable bonds is 10. The molecule has 57 heavy (non-hydrogen) atoms. The Bertz CT molecular complexity index is 2220. The lowest BCUT2D eigenvalue weighted by atomic mass is 9.80. The van der Waals surface area contributed by atoms with Crippen LogP contribution in [0.2, 0.25) is 0 Å². The molecule has 13 heteroatoms. The number of benzene rings is 6. The Morgan fingerprint density at radius 1 is 0.596 bits per heavy atom. The molecular formula is C44H43BBrF5N2O4. The van der Waals surface area contributed by atoms with E-state index in [1.807, 2.05) is 0 Å². The van der Waals surface area contributed by atoms with Crippen LogP contribution in [0.3, 0.4) is 0 Å². The van der Waals surface area contributed by atoms with Gasteiger partial charge in [0, 0.05) is 55.2 Å².